The molecule has 1 heteroatoms. The maximum atomic E-state index is 5.79. The molecule has 0 amide bonds. The quantitative estimate of drug-likeness (QED) is 0.477. The van der Waals surface area contributed by atoms with E-state index in [9.17, 15) is 0 Å². The van der Waals surface area contributed by atoms with Crippen molar-refractivity contribution in [2.45, 2.75) is 57.9 Å². The van der Waals surface area contributed by atoms with Crippen LogP contribution in [0.15, 0.2) is 0 Å². The number of terminal acetylenes is 1. The van der Waals surface area contributed by atoms with E-state index in [2.05, 4.69) is 12.8 Å². The lowest BCUT2D eigenvalue weighted by atomic mass is 9.96. The molecule has 0 spiro atoms. The van der Waals surface area contributed by atoms with Gasteiger partial charge in [-0.25, -0.2) is 0 Å². The van der Waals surface area contributed by atoms with Crippen molar-refractivity contribution in [2.75, 3.05) is 0 Å². The fourth-order valence-corrected chi connectivity index (χ4v) is 1.17. The summed E-state index contributed by atoms with van der Waals surface area (Å²) in [4.78, 5) is 0. The normalized spacial score (nSPS) is 15.2. The van der Waals surface area contributed by atoms with E-state index in [-0.39, 0.29) is 5.54 Å². The van der Waals surface area contributed by atoms with Gasteiger partial charge in [-0.15, -0.1) is 6.42 Å². The maximum Gasteiger partial charge on any atom is 0.0744 e. The highest BCUT2D eigenvalue weighted by Gasteiger charge is 2.12. The zero-order valence-electron chi connectivity index (χ0n) is 8.40. The van der Waals surface area contributed by atoms with Crippen LogP contribution in [0.1, 0.15) is 52.4 Å². The maximum absolute atomic E-state index is 5.79. The van der Waals surface area contributed by atoms with Gasteiger partial charge in [0.1, 0.15) is 0 Å². The van der Waals surface area contributed by atoms with E-state index in [1.165, 1.54) is 25.7 Å². The van der Waals surface area contributed by atoms with E-state index in [1.807, 2.05) is 6.92 Å². The minimum atomic E-state index is -0.383. The van der Waals surface area contributed by atoms with Crippen molar-refractivity contribution in [1.82, 2.24) is 0 Å². The Kier molecular flexibility index (Phi) is 5.84. The summed E-state index contributed by atoms with van der Waals surface area (Å²) in [6, 6.07) is 0. The summed E-state index contributed by atoms with van der Waals surface area (Å²) < 4.78 is 0. The largest absolute Gasteiger partial charge is 0.315 e. The van der Waals surface area contributed by atoms with Gasteiger partial charge in [0, 0.05) is 0 Å². The van der Waals surface area contributed by atoms with E-state index < -0.39 is 0 Å². The molecule has 0 aliphatic carbocycles. The summed E-state index contributed by atoms with van der Waals surface area (Å²) in [5.74, 6) is 2.61. The first kappa shape index (κ1) is 11.5. The Morgan fingerprint density at radius 1 is 1.25 bits per heavy atom. The fourth-order valence-electron chi connectivity index (χ4n) is 1.17. The molecule has 0 radical (unpaired) electrons. The zero-order valence-corrected chi connectivity index (χ0v) is 8.40. The summed E-state index contributed by atoms with van der Waals surface area (Å²) in [5, 5.41) is 0. The Bertz CT molecular complexity index is 142. The summed E-state index contributed by atoms with van der Waals surface area (Å²) in [5.41, 5.74) is 5.41. The van der Waals surface area contributed by atoms with E-state index in [0.717, 1.165) is 12.8 Å². The molecule has 0 bridgehead atoms. The molecular weight excluding hydrogens is 146 g/mol. The molecule has 1 atom stereocenters. The van der Waals surface area contributed by atoms with Gasteiger partial charge in [0.2, 0.25) is 0 Å². The molecule has 0 aromatic carbocycles. The molecule has 0 aromatic heterocycles. The molecule has 1 nitrogen and oxygen atoms in total. The second-order valence-electron chi connectivity index (χ2n) is 3.73. The number of rotatable bonds is 6. The zero-order chi connectivity index (χ0) is 9.45. The number of hydrogen-bond acceptors (Lipinski definition) is 1. The predicted molar refractivity (Wildman–Crippen MR) is 54.8 cm³/mol. The highest BCUT2D eigenvalue weighted by molar-refractivity contribution is 5.07. The second-order valence-corrected chi connectivity index (χ2v) is 3.73. The Balaban J connectivity index is 3.27. The Hall–Kier alpha value is -0.480. The van der Waals surface area contributed by atoms with Crippen LogP contribution in [0.4, 0.5) is 0 Å². The van der Waals surface area contributed by atoms with E-state index in [0.29, 0.717) is 0 Å². The lowest BCUT2D eigenvalue weighted by Gasteiger charge is -2.16. The monoisotopic (exact) mass is 167 g/mol. The molecule has 0 aliphatic heterocycles. The van der Waals surface area contributed by atoms with Crippen LogP contribution >= 0.6 is 0 Å². The van der Waals surface area contributed by atoms with Gasteiger partial charge in [0.15, 0.2) is 0 Å². The van der Waals surface area contributed by atoms with Gasteiger partial charge in [-0.05, 0) is 13.3 Å². The van der Waals surface area contributed by atoms with Gasteiger partial charge in [-0.2, -0.15) is 0 Å². The van der Waals surface area contributed by atoms with Crippen LogP contribution in [-0.4, -0.2) is 5.54 Å². The minimum Gasteiger partial charge on any atom is -0.315 e. The van der Waals surface area contributed by atoms with Crippen LogP contribution in [0.3, 0.4) is 0 Å². The lowest BCUT2D eigenvalue weighted by Crippen LogP contribution is -2.33. The highest BCUT2D eigenvalue weighted by atomic mass is 14.7. The molecule has 1 unspecified atom stereocenters. The van der Waals surface area contributed by atoms with Crippen molar-refractivity contribution < 1.29 is 0 Å². The molecule has 0 rings (SSSR count). The average Bonchev–Trinajstić information content (AvgIpc) is 2.04. The second kappa shape index (κ2) is 6.08. The first-order valence-electron chi connectivity index (χ1n) is 4.89. The number of unbranched alkanes of at least 4 members (excludes halogenated alkanes) is 4. The summed E-state index contributed by atoms with van der Waals surface area (Å²) in [7, 11) is 0. The standard InChI is InChI=1S/C11H21N/c1-4-6-7-8-9-10-11(3,12)5-2/h2H,4,6-10,12H2,1,3H3. The summed E-state index contributed by atoms with van der Waals surface area (Å²) >= 11 is 0. The van der Waals surface area contributed by atoms with Crippen LogP contribution in [0.2, 0.25) is 0 Å². The highest BCUT2D eigenvalue weighted by Crippen LogP contribution is 2.12. The molecule has 0 fully saturated rings. The van der Waals surface area contributed by atoms with Crippen LogP contribution in [0.25, 0.3) is 0 Å². The van der Waals surface area contributed by atoms with Crippen molar-refractivity contribution >= 4 is 0 Å². The predicted octanol–water partition coefficient (Wildman–Crippen LogP) is 2.70. The van der Waals surface area contributed by atoms with E-state index in [1.54, 1.807) is 0 Å². The molecule has 0 saturated heterocycles. The third-order valence-corrected chi connectivity index (χ3v) is 2.13. The molecule has 0 aliphatic rings. The molecule has 2 N–H and O–H groups in total. The van der Waals surface area contributed by atoms with Crippen LogP contribution < -0.4 is 5.73 Å². The Morgan fingerprint density at radius 2 is 1.83 bits per heavy atom. The first-order chi connectivity index (χ1) is 5.62. The number of nitrogens with two attached hydrogens (primary N) is 1. The van der Waals surface area contributed by atoms with Gasteiger partial charge >= 0.3 is 0 Å². The van der Waals surface area contributed by atoms with Crippen LogP contribution in [0.5, 0.6) is 0 Å². The molecule has 0 heterocycles. The Morgan fingerprint density at radius 3 is 2.33 bits per heavy atom. The van der Waals surface area contributed by atoms with Crippen LogP contribution in [0, 0.1) is 12.3 Å². The van der Waals surface area contributed by atoms with Crippen molar-refractivity contribution in [3.05, 3.63) is 0 Å². The summed E-state index contributed by atoms with van der Waals surface area (Å²) in [6.45, 7) is 4.14. The topological polar surface area (TPSA) is 26.0 Å². The summed E-state index contributed by atoms with van der Waals surface area (Å²) in [6.07, 6.45) is 12.6. The van der Waals surface area contributed by atoms with Crippen molar-refractivity contribution in [2.24, 2.45) is 5.73 Å². The van der Waals surface area contributed by atoms with E-state index >= 15 is 0 Å². The lowest BCUT2D eigenvalue weighted by molar-refractivity contribution is 0.499. The van der Waals surface area contributed by atoms with Gasteiger partial charge in [-0.1, -0.05) is 44.9 Å². The smallest absolute Gasteiger partial charge is 0.0744 e. The van der Waals surface area contributed by atoms with Crippen molar-refractivity contribution in [1.29, 1.82) is 0 Å². The van der Waals surface area contributed by atoms with Crippen molar-refractivity contribution in [3.63, 3.8) is 0 Å². The van der Waals surface area contributed by atoms with E-state index in [4.69, 9.17) is 12.2 Å². The fraction of sp³-hybridized carbons (Fsp3) is 0.818. The third-order valence-electron chi connectivity index (χ3n) is 2.13. The molecule has 12 heavy (non-hydrogen) atoms. The molecule has 0 aromatic rings. The molecule has 70 valence electrons. The van der Waals surface area contributed by atoms with Gasteiger partial charge in [0.05, 0.1) is 5.54 Å². The Labute approximate surface area is 76.7 Å². The third kappa shape index (κ3) is 6.24. The molecular formula is C11H21N. The SMILES string of the molecule is C#CC(C)(N)CCCCCCC. The van der Waals surface area contributed by atoms with Gasteiger partial charge in [0.25, 0.3) is 0 Å². The van der Waals surface area contributed by atoms with Gasteiger partial charge in [-0.3, -0.25) is 0 Å². The van der Waals surface area contributed by atoms with Crippen LogP contribution in [-0.2, 0) is 0 Å². The molecule has 0 saturated carbocycles. The van der Waals surface area contributed by atoms with Gasteiger partial charge < -0.3 is 5.73 Å². The average molecular weight is 167 g/mol. The number of hydrogen-bond donors (Lipinski definition) is 1. The minimum absolute atomic E-state index is 0.383. The first-order valence-corrected chi connectivity index (χ1v) is 4.89. The van der Waals surface area contributed by atoms with Crippen molar-refractivity contribution in [3.8, 4) is 12.3 Å².